The number of halogens is 3. The molecule has 0 radical (unpaired) electrons. The van der Waals surface area contributed by atoms with Gasteiger partial charge in [0.25, 0.3) is 0 Å². The van der Waals surface area contributed by atoms with Crippen LogP contribution in [0, 0.1) is 12.7 Å². The third kappa shape index (κ3) is 3.43. The molecule has 0 amide bonds. The van der Waals surface area contributed by atoms with Crippen molar-refractivity contribution in [2.24, 2.45) is 0 Å². The minimum atomic E-state index is -3.72. The Morgan fingerprint density at radius 3 is 2.66 bits per heavy atom. The summed E-state index contributed by atoms with van der Waals surface area (Å²) in [7, 11) is 0. The molecule has 3 heterocycles. The van der Waals surface area contributed by atoms with Crippen molar-refractivity contribution in [3.8, 4) is 22.8 Å². The number of aryl methyl sites for hydroxylation is 1. The monoisotopic (exact) mass is 444 g/mol. The summed E-state index contributed by atoms with van der Waals surface area (Å²) in [6, 6.07) is 8.90. The van der Waals surface area contributed by atoms with E-state index in [1.807, 2.05) is 0 Å². The number of aromatic amines is 1. The molecule has 32 heavy (non-hydrogen) atoms. The Morgan fingerprint density at radius 2 is 1.91 bits per heavy atom. The van der Waals surface area contributed by atoms with Gasteiger partial charge in [0.05, 0.1) is 11.1 Å². The van der Waals surface area contributed by atoms with Crippen molar-refractivity contribution in [2.45, 2.75) is 37.9 Å². The number of ketones is 1. The first-order valence-electron chi connectivity index (χ1n) is 9.96. The first-order chi connectivity index (χ1) is 15.2. The molecule has 9 heteroatoms. The number of carbonyl (C=O) groups is 1. The van der Waals surface area contributed by atoms with Gasteiger partial charge in [-0.2, -0.15) is 0 Å². The predicted octanol–water partition coefficient (Wildman–Crippen LogP) is 4.30. The molecule has 0 unspecified atom stereocenters. The zero-order chi connectivity index (χ0) is 22.7. The first-order valence-corrected chi connectivity index (χ1v) is 9.96. The van der Waals surface area contributed by atoms with E-state index in [0.717, 1.165) is 12.3 Å². The van der Waals surface area contributed by atoms with E-state index < -0.39 is 23.1 Å². The van der Waals surface area contributed by atoms with Crippen molar-refractivity contribution in [3.63, 3.8) is 0 Å². The van der Waals surface area contributed by atoms with Crippen LogP contribution in [-0.2, 0) is 16.6 Å². The number of benzene rings is 1. The highest BCUT2D eigenvalue weighted by Crippen LogP contribution is 2.52. The number of hydrogen-bond acceptors (Lipinski definition) is 5. The fraction of sp³-hybridized carbons (Fsp3) is 0.261. The average molecular weight is 444 g/mol. The van der Waals surface area contributed by atoms with Gasteiger partial charge in [0, 0.05) is 31.4 Å². The Balaban J connectivity index is 0.00000259. The number of nitrogens with one attached hydrogen (secondary N) is 1. The Labute approximate surface area is 181 Å². The normalized spacial score (nSPS) is 17.2. The Bertz CT molecular complexity index is 1320. The second-order valence-electron chi connectivity index (χ2n) is 8.04. The molecule has 2 aromatic heterocycles. The van der Waals surface area contributed by atoms with Crippen molar-refractivity contribution in [1.29, 1.82) is 0 Å². The van der Waals surface area contributed by atoms with E-state index >= 15 is 0 Å². The van der Waals surface area contributed by atoms with Crippen molar-refractivity contribution in [2.75, 3.05) is 0 Å². The van der Waals surface area contributed by atoms with Crippen molar-refractivity contribution < 1.29 is 28.9 Å². The number of rotatable bonds is 5. The Hall–Kier alpha value is -3.62. The van der Waals surface area contributed by atoms with Crippen LogP contribution in [0.1, 0.15) is 31.1 Å². The molecule has 1 aliphatic heterocycles. The maximum atomic E-state index is 14.3. The van der Waals surface area contributed by atoms with Gasteiger partial charge in [0.1, 0.15) is 11.6 Å². The van der Waals surface area contributed by atoms with Crippen molar-refractivity contribution in [1.82, 2.24) is 9.97 Å². The summed E-state index contributed by atoms with van der Waals surface area (Å²) in [4.78, 5) is 31.5. The van der Waals surface area contributed by atoms with E-state index in [0.29, 0.717) is 29.7 Å². The lowest BCUT2D eigenvalue weighted by Crippen LogP contribution is -2.26. The molecule has 1 aliphatic carbocycles. The quantitative estimate of drug-likeness (QED) is 0.635. The fourth-order valence-electron chi connectivity index (χ4n) is 4.01. The first kappa shape index (κ1) is 20.3. The molecule has 1 aromatic carbocycles. The third-order valence-electron chi connectivity index (χ3n) is 5.86. The number of carbonyl (C=O) groups excluding carboxylic acids is 1. The lowest BCUT2D eigenvalue weighted by Gasteiger charge is -2.15. The van der Waals surface area contributed by atoms with Gasteiger partial charge in [0.2, 0.25) is 5.56 Å². The van der Waals surface area contributed by atoms with Gasteiger partial charge in [-0.25, -0.2) is 4.39 Å². The van der Waals surface area contributed by atoms with Gasteiger partial charge >= 0.3 is 6.29 Å². The van der Waals surface area contributed by atoms with Gasteiger partial charge in [0.15, 0.2) is 11.5 Å². The number of pyridine rings is 2. The SMILES string of the molecule is Cc1ccc(CC(=O)C2(c3ccc4c(c3)OC(F)(F)O4)CC2)nc1-c1cc(=O)[nH]cc1F.[HH]. The summed E-state index contributed by atoms with van der Waals surface area (Å²) >= 11 is 0. The van der Waals surface area contributed by atoms with Crippen LogP contribution in [0.4, 0.5) is 13.2 Å². The molecule has 0 bridgehead atoms. The standard InChI is InChI=1S/C23H17F3N2O4.H2/c1-12-2-4-14(28-21(12)15-10-20(30)27-11-16(15)24)9-19(29)22(6-7-22)13-3-5-17-18(8-13)32-23(25,26)31-17;/h2-5,8,10-11H,6-7,9H2,1H3,(H,27,30);1H. The summed E-state index contributed by atoms with van der Waals surface area (Å²) in [5.74, 6) is -0.935. The molecule has 0 saturated heterocycles. The Kier molecular flexibility index (Phi) is 4.40. The van der Waals surface area contributed by atoms with Crippen LogP contribution < -0.4 is 15.0 Å². The van der Waals surface area contributed by atoms with Crippen LogP contribution in [0.25, 0.3) is 11.3 Å². The lowest BCUT2D eigenvalue weighted by molar-refractivity contribution is -0.286. The summed E-state index contributed by atoms with van der Waals surface area (Å²) in [5, 5.41) is 0. The predicted molar refractivity (Wildman–Crippen MR) is 109 cm³/mol. The molecule has 1 fully saturated rings. The molecule has 6 nitrogen and oxygen atoms in total. The zero-order valence-electron chi connectivity index (χ0n) is 16.9. The highest BCUT2D eigenvalue weighted by Gasteiger charge is 2.52. The molecular formula is C23H19F3N2O4. The zero-order valence-corrected chi connectivity index (χ0v) is 16.9. The molecular weight excluding hydrogens is 425 g/mol. The van der Waals surface area contributed by atoms with Crippen LogP contribution in [0.15, 0.2) is 47.4 Å². The smallest absolute Gasteiger partial charge is 0.395 e. The highest BCUT2D eigenvalue weighted by atomic mass is 19.3. The largest absolute Gasteiger partial charge is 0.586 e. The minimum Gasteiger partial charge on any atom is -0.395 e. The second-order valence-corrected chi connectivity index (χ2v) is 8.04. The van der Waals surface area contributed by atoms with Gasteiger partial charge < -0.3 is 14.5 Å². The Morgan fingerprint density at radius 1 is 1.16 bits per heavy atom. The van der Waals surface area contributed by atoms with E-state index in [1.54, 1.807) is 25.1 Å². The van der Waals surface area contributed by atoms with Crippen LogP contribution in [0.2, 0.25) is 0 Å². The number of alkyl halides is 2. The highest BCUT2D eigenvalue weighted by molar-refractivity contribution is 5.94. The van der Waals surface area contributed by atoms with E-state index in [-0.39, 0.29) is 36.4 Å². The third-order valence-corrected chi connectivity index (χ3v) is 5.86. The average Bonchev–Trinajstić information content (AvgIpc) is 3.48. The van der Waals surface area contributed by atoms with Crippen LogP contribution in [0.3, 0.4) is 0 Å². The maximum Gasteiger partial charge on any atom is 0.586 e. The molecule has 166 valence electrons. The summed E-state index contributed by atoms with van der Waals surface area (Å²) in [6.07, 6.45) is -1.63. The number of ether oxygens (including phenoxy) is 2. The van der Waals surface area contributed by atoms with E-state index in [1.165, 1.54) is 12.1 Å². The van der Waals surface area contributed by atoms with Crippen LogP contribution in [-0.4, -0.2) is 22.0 Å². The molecule has 0 spiro atoms. The fourth-order valence-corrected chi connectivity index (χ4v) is 4.01. The summed E-state index contributed by atoms with van der Waals surface area (Å²) in [6.45, 7) is 1.74. The minimum absolute atomic E-state index is 0. The number of Topliss-reactive ketones (excluding diaryl/α,β-unsaturated/α-hetero) is 1. The van der Waals surface area contributed by atoms with E-state index in [9.17, 15) is 22.8 Å². The molecule has 0 atom stereocenters. The number of H-pyrrole nitrogens is 1. The van der Waals surface area contributed by atoms with Crippen LogP contribution in [0.5, 0.6) is 11.5 Å². The van der Waals surface area contributed by atoms with Crippen molar-refractivity contribution >= 4 is 5.78 Å². The summed E-state index contributed by atoms with van der Waals surface area (Å²) < 4.78 is 49.8. The van der Waals surface area contributed by atoms with Gasteiger partial charge in [-0.3, -0.25) is 14.6 Å². The summed E-state index contributed by atoms with van der Waals surface area (Å²) in [5.41, 5.74) is 0.729. The number of aromatic nitrogens is 2. The van der Waals surface area contributed by atoms with Crippen molar-refractivity contribution in [3.05, 3.63) is 75.6 Å². The van der Waals surface area contributed by atoms with Gasteiger partial charge in [-0.15, -0.1) is 8.78 Å². The molecule has 5 rings (SSSR count). The molecule has 3 aromatic rings. The van der Waals surface area contributed by atoms with Gasteiger partial charge in [-0.1, -0.05) is 12.1 Å². The topological polar surface area (TPSA) is 81.3 Å². The lowest BCUT2D eigenvalue weighted by atomic mass is 9.88. The molecule has 1 saturated carbocycles. The number of fused-ring (bicyclic) bond motifs is 1. The molecule has 2 aliphatic rings. The van der Waals surface area contributed by atoms with Gasteiger partial charge in [-0.05, 0) is 49.1 Å². The number of hydrogen-bond donors (Lipinski definition) is 1. The maximum absolute atomic E-state index is 14.3. The number of nitrogens with zero attached hydrogens (tertiary/aromatic N) is 1. The second kappa shape index (κ2) is 6.94. The van der Waals surface area contributed by atoms with E-state index in [4.69, 9.17) is 0 Å². The molecule has 1 N–H and O–H groups in total. The van der Waals surface area contributed by atoms with E-state index in [2.05, 4.69) is 19.4 Å². The van der Waals surface area contributed by atoms with Crippen LogP contribution >= 0.6 is 0 Å².